The monoisotopic (exact) mass is 397 g/mol. The number of nitrogens with zero attached hydrogens (tertiary/aromatic N) is 1. The lowest BCUT2D eigenvalue weighted by Crippen LogP contribution is -2.52. The third-order valence-corrected chi connectivity index (χ3v) is 6.12. The first-order valence-electron chi connectivity index (χ1n) is 10.2. The van der Waals surface area contributed by atoms with Gasteiger partial charge in [0, 0.05) is 25.1 Å². The fourth-order valence-electron chi connectivity index (χ4n) is 4.31. The molecule has 0 unspecified atom stereocenters. The average Bonchev–Trinajstić information content (AvgIpc) is 2.71. The number of fused-ring (bicyclic) bond motifs is 1. The molecule has 154 valence electrons. The summed E-state index contributed by atoms with van der Waals surface area (Å²) in [6.45, 7) is 3.87. The number of carbonyl (C=O) groups excluding carboxylic acids is 1. The minimum absolute atomic E-state index is 0.108. The number of carbonyl (C=O) groups is 1. The Balaban J connectivity index is 1.47. The number of likely N-dealkylation sites (tertiary alicyclic amines) is 1. The molecule has 2 atom stereocenters. The van der Waals surface area contributed by atoms with E-state index in [0.717, 1.165) is 49.2 Å². The van der Waals surface area contributed by atoms with E-state index in [0.29, 0.717) is 0 Å². The molecule has 2 aromatic carbocycles. The van der Waals surface area contributed by atoms with Gasteiger partial charge < -0.3 is 20.3 Å². The van der Waals surface area contributed by atoms with Crippen LogP contribution in [0.1, 0.15) is 49.4 Å². The van der Waals surface area contributed by atoms with E-state index in [2.05, 4.69) is 22.6 Å². The molecule has 5 nitrogen and oxygen atoms in total. The number of rotatable bonds is 3. The summed E-state index contributed by atoms with van der Waals surface area (Å²) in [5, 5.41) is 6.12. The van der Waals surface area contributed by atoms with E-state index in [4.69, 9.17) is 4.74 Å². The Hall–Kier alpha value is -2.60. The third kappa shape index (κ3) is 4.37. The molecule has 2 aliphatic heterocycles. The van der Waals surface area contributed by atoms with Crippen molar-refractivity contribution in [3.63, 3.8) is 0 Å². The Bertz CT molecular complexity index is 863. The van der Waals surface area contributed by atoms with Gasteiger partial charge in [0.25, 0.3) is 0 Å². The lowest BCUT2D eigenvalue weighted by Gasteiger charge is -2.46. The smallest absolute Gasteiger partial charge is 0.315 e. The predicted molar refractivity (Wildman–Crippen MR) is 110 cm³/mol. The molecule has 0 aromatic heterocycles. The molecule has 0 aliphatic carbocycles. The zero-order valence-corrected chi connectivity index (χ0v) is 17.0. The number of piperidine rings is 1. The van der Waals surface area contributed by atoms with E-state index >= 15 is 0 Å². The van der Waals surface area contributed by atoms with E-state index in [9.17, 15) is 9.18 Å². The summed E-state index contributed by atoms with van der Waals surface area (Å²) in [5.41, 5.74) is 1.64. The highest BCUT2D eigenvalue weighted by atomic mass is 19.1. The predicted octanol–water partition coefficient (Wildman–Crippen LogP) is 4.17. The van der Waals surface area contributed by atoms with Gasteiger partial charge in [-0.1, -0.05) is 30.3 Å². The summed E-state index contributed by atoms with van der Waals surface area (Å²) in [6.07, 6.45) is 2.66. The van der Waals surface area contributed by atoms with Crippen LogP contribution in [0.25, 0.3) is 0 Å². The molecular formula is C23H28FN3O2. The van der Waals surface area contributed by atoms with Gasteiger partial charge in [0.05, 0.1) is 12.1 Å². The van der Waals surface area contributed by atoms with Gasteiger partial charge in [0.15, 0.2) is 0 Å². The van der Waals surface area contributed by atoms with Gasteiger partial charge in [-0.05, 0) is 50.6 Å². The van der Waals surface area contributed by atoms with Crippen LogP contribution < -0.4 is 15.4 Å². The van der Waals surface area contributed by atoms with Gasteiger partial charge in [-0.15, -0.1) is 0 Å². The van der Waals surface area contributed by atoms with Crippen molar-refractivity contribution in [2.24, 2.45) is 0 Å². The molecule has 6 heteroatoms. The molecule has 1 saturated heterocycles. The molecule has 2 amide bonds. The van der Waals surface area contributed by atoms with Crippen LogP contribution in [0.2, 0.25) is 0 Å². The number of ether oxygens (including phenoxy) is 1. The second-order valence-corrected chi connectivity index (χ2v) is 8.27. The van der Waals surface area contributed by atoms with Gasteiger partial charge in [-0.2, -0.15) is 0 Å². The van der Waals surface area contributed by atoms with Crippen LogP contribution in [0.3, 0.4) is 0 Å². The number of para-hydroxylation sites is 1. The minimum Gasteiger partial charge on any atom is -0.487 e. The molecule has 2 aromatic rings. The number of nitrogens with one attached hydrogen (secondary N) is 2. The normalized spacial score (nSPS) is 21.7. The van der Waals surface area contributed by atoms with Crippen molar-refractivity contribution in [3.05, 3.63) is 65.5 Å². The molecule has 0 saturated carbocycles. The lowest BCUT2D eigenvalue weighted by molar-refractivity contribution is -0.0190. The zero-order valence-electron chi connectivity index (χ0n) is 17.0. The number of halogens is 1. The van der Waals surface area contributed by atoms with Gasteiger partial charge in [-0.25, -0.2) is 9.18 Å². The van der Waals surface area contributed by atoms with Crippen LogP contribution in [0.15, 0.2) is 48.5 Å². The van der Waals surface area contributed by atoms with Gasteiger partial charge in [0.2, 0.25) is 0 Å². The van der Waals surface area contributed by atoms with Crippen molar-refractivity contribution in [2.75, 3.05) is 20.1 Å². The Morgan fingerprint density at radius 2 is 1.86 bits per heavy atom. The average molecular weight is 397 g/mol. The largest absolute Gasteiger partial charge is 0.487 e. The minimum atomic E-state index is -0.285. The third-order valence-electron chi connectivity index (χ3n) is 6.12. The molecule has 2 heterocycles. The van der Waals surface area contributed by atoms with Crippen LogP contribution in [-0.4, -0.2) is 36.7 Å². The summed E-state index contributed by atoms with van der Waals surface area (Å²) in [6, 6.07) is 13.6. The van der Waals surface area contributed by atoms with Crippen LogP contribution in [0.5, 0.6) is 5.75 Å². The Labute approximate surface area is 171 Å². The quantitative estimate of drug-likeness (QED) is 0.817. The maximum atomic E-state index is 13.1. The molecule has 4 rings (SSSR count). The van der Waals surface area contributed by atoms with Gasteiger partial charge in [-0.3, -0.25) is 0 Å². The highest BCUT2D eigenvalue weighted by Crippen LogP contribution is 2.44. The zero-order chi connectivity index (χ0) is 20.4. The highest BCUT2D eigenvalue weighted by molar-refractivity contribution is 5.75. The summed E-state index contributed by atoms with van der Waals surface area (Å²) in [4.78, 5) is 15.1. The molecule has 1 fully saturated rings. The van der Waals surface area contributed by atoms with Crippen LogP contribution in [-0.2, 0) is 0 Å². The van der Waals surface area contributed by atoms with E-state index < -0.39 is 0 Å². The topological polar surface area (TPSA) is 53.6 Å². The number of hydrogen-bond donors (Lipinski definition) is 2. The SMILES string of the molecule is C[C@H](NC(=O)N[C@@H]1CC2(CCN(C)CC2)Oc2ccccc21)c1ccc(F)cc1. The van der Waals surface area contributed by atoms with Crippen molar-refractivity contribution in [3.8, 4) is 5.75 Å². The number of hydrogen-bond acceptors (Lipinski definition) is 3. The summed E-state index contributed by atoms with van der Waals surface area (Å²) in [7, 11) is 2.13. The first-order chi connectivity index (χ1) is 13.9. The van der Waals surface area contributed by atoms with Gasteiger partial charge in [0.1, 0.15) is 17.2 Å². The molecule has 0 bridgehead atoms. The van der Waals surface area contributed by atoms with E-state index in [1.54, 1.807) is 12.1 Å². The fraction of sp³-hybridized carbons (Fsp3) is 0.435. The van der Waals surface area contributed by atoms with Crippen molar-refractivity contribution < 1.29 is 13.9 Å². The Morgan fingerprint density at radius 3 is 2.59 bits per heavy atom. The first-order valence-corrected chi connectivity index (χ1v) is 10.2. The molecule has 1 spiro atoms. The molecule has 2 aliphatic rings. The molecule has 0 radical (unpaired) electrons. The maximum Gasteiger partial charge on any atom is 0.315 e. The summed E-state index contributed by atoms with van der Waals surface area (Å²) in [5.74, 6) is 0.577. The highest BCUT2D eigenvalue weighted by Gasteiger charge is 2.43. The van der Waals surface area contributed by atoms with Crippen molar-refractivity contribution in [1.82, 2.24) is 15.5 Å². The first kappa shape index (κ1) is 19.7. The molecular weight excluding hydrogens is 369 g/mol. The Morgan fingerprint density at radius 1 is 1.17 bits per heavy atom. The van der Waals surface area contributed by atoms with E-state index in [1.807, 2.05) is 31.2 Å². The number of urea groups is 1. The fourth-order valence-corrected chi connectivity index (χ4v) is 4.31. The van der Waals surface area contributed by atoms with Gasteiger partial charge >= 0.3 is 6.03 Å². The number of amides is 2. The summed E-state index contributed by atoms with van der Waals surface area (Å²) < 4.78 is 19.6. The summed E-state index contributed by atoms with van der Waals surface area (Å²) >= 11 is 0. The van der Waals surface area contributed by atoms with E-state index in [-0.39, 0.29) is 29.5 Å². The second kappa shape index (κ2) is 8.03. The van der Waals surface area contributed by atoms with Crippen molar-refractivity contribution >= 4 is 6.03 Å². The lowest BCUT2D eigenvalue weighted by atomic mass is 9.80. The van der Waals surface area contributed by atoms with Crippen molar-refractivity contribution in [2.45, 2.75) is 43.9 Å². The Kier molecular flexibility index (Phi) is 5.46. The number of benzene rings is 2. The van der Waals surface area contributed by atoms with Crippen LogP contribution >= 0.6 is 0 Å². The second-order valence-electron chi connectivity index (χ2n) is 8.27. The maximum absolute atomic E-state index is 13.1. The van der Waals surface area contributed by atoms with E-state index in [1.165, 1.54) is 12.1 Å². The van der Waals surface area contributed by atoms with Crippen LogP contribution in [0, 0.1) is 5.82 Å². The van der Waals surface area contributed by atoms with Crippen LogP contribution in [0.4, 0.5) is 9.18 Å². The molecule has 2 N–H and O–H groups in total. The standard InChI is InChI=1S/C23H28FN3O2/c1-16(17-7-9-18(24)10-8-17)25-22(28)26-20-15-23(11-13-27(2)14-12-23)29-21-6-4-3-5-19(20)21/h3-10,16,20H,11-15H2,1-2H3,(H2,25,26,28)/t16-,20+/m0/s1. The molecule has 29 heavy (non-hydrogen) atoms. The van der Waals surface area contributed by atoms with Crippen molar-refractivity contribution in [1.29, 1.82) is 0 Å².